The predicted octanol–water partition coefficient (Wildman–Crippen LogP) is 5.56. The molecular formula is C15H32O6P2. The van der Waals surface area contributed by atoms with Gasteiger partial charge < -0.3 is 18.1 Å². The van der Waals surface area contributed by atoms with E-state index in [2.05, 4.69) is 0 Å². The predicted molar refractivity (Wildman–Crippen MR) is 92.1 cm³/mol. The summed E-state index contributed by atoms with van der Waals surface area (Å²) in [6.45, 7) is 14.3. The van der Waals surface area contributed by atoms with Crippen LogP contribution in [0.4, 0.5) is 0 Å². The first-order valence-corrected chi connectivity index (χ1v) is 11.4. The molecule has 0 heterocycles. The molecule has 0 bridgehead atoms. The third-order valence-electron chi connectivity index (χ3n) is 3.12. The van der Waals surface area contributed by atoms with Crippen LogP contribution in [0.25, 0.3) is 0 Å². The highest BCUT2D eigenvalue weighted by Crippen LogP contribution is 2.88. The summed E-state index contributed by atoms with van der Waals surface area (Å²) < 4.78 is 49.8. The van der Waals surface area contributed by atoms with E-state index in [-0.39, 0.29) is 24.4 Å². The van der Waals surface area contributed by atoms with Crippen molar-refractivity contribution in [3.8, 4) is 0 Å². The maximum atomic E-state index is 13.6. The molecule has 1 rings (SSSR count). The van der Waals surface area contributed by atoms with Gasteiger partial charge in [0.25, 0.3) is 0 Å². The van der Waals surface area contributed by atoms with E-state index in [1.807, 2.05) is 0 Å². The molecular weight excluding hydrogens is 338 g/mol. The van der Waals surface area contributed by atoms with E-state index < -0.39 is 20.1 Å². The molecule has 0 N–H and O–H groups in total. The molecule has 1 saturated carbocycles. The molecule has 8 heteroatoms. The van der Waals surface area contributed by atoms with Crippen LogP contribution in [0.15, 0.2) is 0 Å². The van der Waals surface area contributed by atoms with Crippen LogP contribution in [0.1, 0.15) is 68.2 Å². The van der Waals surface area contributed by atoms with E-state index in [4.69, 9.17) is 18.1 Å². The SMILES string of the molecule is CC(C)OP(=O)(OC(C)C)C1(P(=O)(OC(C)C)OC(C)C)CC1. The van der Waals surface area contributed by atoms with Gasteiger partial charge in [0.2, 0.25) is 0 Å². The minimum absolute atomic E-state index is 0.316. The van der Waals surface area contributed by atoms with Crippen molar-refractivity contribution < 1.29 is 27.2 Å². The molecule has 1 aliphatic rings. The van der Waals surface area contributed by atoms with Crippen LogP contribution in [0, 0.1) is 0 Å². The summed E-state index contributed by atoms with van der Waals surface area (Å²) in [6.07, 6.45) is -0.375. The fourth-order valence-electron chi connectivity index (χ4n) is 2.36. The second-order valence-electron chi connectivity index (χ2n) is 7.09. The van der Waals surface area contributed by atoms with Crippen LogP contribution in [0.3, 0.4) is 0 Å². The smallest absolute Gasteiger partial charge is 0.305 e. The molecule has 0 spiro atoms. The first-order chi connectivity index (χ1) is 10.4. The Morgan fingerprint density at radius 1 is 0.609 bits per heavy atom. The van der Waals surface area contributed by atoms with Crippen molar-refractivity contribution in [2.75, 3.05) is 0 Å². The second-order valence-corrected chi connectivity index (χ2v) is 12.0. The van der Waals surface area contributed by atoms with Crippen molar-refractivity contribution in [2.45, 2.75) is 97.5 Å². The van der Waals surface area contributed by atoms with E-state index in [9.17, 15) is 9.13 Å². The molecule has 0 radical (unpaired) electrons. The number of hydrogen-bond donors (Lipinski definition) is 0. The normalized spacial score (nSPS) is 18.4. The molecule has 6 nitrogen and oxygen atoms in total. The van der Waals surface area contributed by atoms with Gasteiger partial charge in [0, 0.05) is 0 Å². The molecule has 0 aliphatic heterocycles. The minimum atomic E-state index is -3.67. The van der Waals surface area contributed by atoms with Gasteiger partial charge >= 0.3 is 15.2 Å². The maximum Gasteiger partial charge on any atom is 0.349 e. The van der Waals surface area contributed by atoms with Gasteiger partial charge in [0.1, 0.15) is 0 Å². The van der Waals surface area contributed by atoms with Gasteiger partial charge in [-0.1, -0.05) is 0 Å². The maximum absolute atomic E-state index is 13.6. The molecule has 1 aliphatic carbocycles. The topological polar surface area (TPSA) is 71.1 Å². The monoisotopic (exact) mass is 370 g/mol. The zero-order chi connectivity index (χ0) is 18.1. The lowest BCUT2D eigenvalue weighted by Crippen LogP contribution is -2.24. The lowest BCUT2D eigenvalue weighted by molar-refractivity contribution is 0.120. The van der Waals surface area contributed by atoms with Crippen LogP contribution in [-0.4, -0.2) is 29.3 Å². The minimum Gasteiger partial charge on any atom is -0.305 e. The van der Waals surface area contributed by atoms with Gasteiger partial charge in [-0.3, -0.25) is 9.13 Å². The lowest BCUT2D eigenvalue weighted by Gasteiger charge is -2.35. The Balaban J connectivity index is 3.30. The van der Waals surface area contributed by atoms with Crippen molar-refractivity contribution in [2.24, 2.45) is 0 Å². The van der Waals surface area contributed by atoms with E-state index in [0.29, 0.717) is 12.8 Å². The lowest BCUT2D eigenvalue weighted by atomic mass is 10.5. The van der Waals surface area contributed by atoms with Crippen molar-refractivity contribution >= 4 is 15.2 Å². The van der Waals surface area contributed by atoms with Crippen molar-refractivity contribution in [1.82, 2.24) is 0 Å². The first kappa shape index (κ1) is 21.3. The first-order valence-electron chi connectivity index (χ1n) is 8.31. The molecule has 0 aromatic rings. The van der Waals surface area contributed by atoms with Crippen LogP contribution < -0.4 is 0 Å². The average molecular weight is 370 g/mol. The van der Waals surface area contributed by atoms with E-state index >= 15 is 0 Å². The van der Waals surface area contributed by atoms with Gasteiger partial charge in [0.05, 0.1) is 24.4 Å². The van der Waals surface area contributed by atoms with E-state index in [0.717, 1.165) is 0 Å². The third kappa shape index (κ3) is 4.90. The molecule has 0 saturated heterocycles. The Morgan fingerprint density at radius 2 is 0.826 bits per heavy atom. The summed E-state index contributed by atoms with van der Waals surface area (Å²) >= 11 is 0. The van der Waals surface area contributed by atoms with Crippen LogP contribution >= 0.6 is 15.2 Å². The van der Waals surface area contributed by atoms with Crippen molar-refractivity contribution in [3.63, 3.8) is 0 Å². The summed E-state index contributed by atoms with van der Waals surface area (Å²) in [5.41, 5.74) is 0. The zero-order valence-corrected chi connectivity index (χ0v) is 17.4. The van der Waals surface area contributed by atoms with Crippen LogP contribution in [-0.2, 0) is 27.2 Å². The standard InChI is InChI=1S/C15H32O6P2/c1-11(2)18-22(16,19-12(3)4)15(9-10-15)23(17,20-13(5)6)21-14(7)8/h11-14H,9-10H2,1-8H3. The van der Waals surface area contributed by atoms with Gasteiger partial charge in [0.15, 0.2) is 4.90 Å². The second kappa shape index (κ2) is 7.68. The fourth-order valence-corrected chi connectivity index (χ4v) is 8.55. The van der Waals surface area contributed by atoms with Gasteiger partial charge in [-0.2, -0.15) is 0 Å². The van der Waals surface area contributed by atoms with Gasteiger partial charge in [-0.15, -0.1) is 0 Å². The Morgan fingerprint density at radius 3 is 0.957 bits per heavy atom. The molecule has 0 amide bonds. The van der Waals surface area contributed by atoms with E-state index in [1.54, 1.807) is 55.4 Å². The highest BCUT2D eigenvalue weighted by molar-refractivity contribution is 7.75. The molecule has 0 unspecified atom stereocenters. The number of hydrogen-bond acceptors (Lipinski definition) is 6. The highest BCUT2D eigenvalue weighted by Gasteiger charge is 2.74. The van der Waals surface area contributed by atoms with Crippen molar-refractivity contribution in [1.29, 1.82) is 0 Å². The highest BCUT2D eigenvalue weighted by atomic mass is 31.2. The Hall–Kier alpha value is 0.300. The Bertz CT molecular complexity index is 414. The Labute approximate surface area is 140 Å². The summed E-state index contributed by atoms with van der Waals surface area (Å²) in [7, 11) is -7.34. The largest absolute Gasteiger partial charge is 0.349 e. The zero-order valence-electron chi connectivity index (χ0n) is 15.6. The number of rotatable bonds is 10. The molecule has 0 atom stereocenters. The third-order valence-corrected chi connectivity index (χ3v) is 10.3. The van der Waals surface area contributed by atoms with Crippen molar-refractivity contribution in [3.05, 3.63) is 0 Å². The van der Waals surface area contributed by atoms with Crippen LogP contribution in [0.5, 0.6) is 0 Å². The van der Waals surface area contributed by atoms with Crippen LogP contribution in [0.2, 0.25) is 0 Å². The molecule has 23 heavy (non-hydrogen) atoms. The Kier molecular flexibility index (Phi) is 7.12. The summed E-state index contributed by atoms with van der Waals surface area (Å²) in [4.78, 5) is -1.19. The molecule has 138 valence electrons. The quantitative estimate of drug-likeness (QED) is 0.469. The molecule has 0 aromatic heterocycles. The summed E-state index contributed by atoms with van der Waals surface area (Å²) in [5.74, 6) is 0. The summed E-state index contributed by atoms with van der Waals surface area (Å²) in [6, 6.07) is 0. The van der Waals surface area contributed by atoms with Gasteiger partial charge in [-0.25, -0.2) is 0 Å². The summed E-state index contributed by atoms with van der Waals surface area (Å²) in [5, 5.41) is 0. The van der Waals surface area contributed by atoms with Gasteiger partial charge in [-0.05, 0) is 68.2 Å². The fraction of sp³-hybridized carbons (Fsp3) is 1.00. The molecule has 1 fully saturated rings. The molecule has 0 aromatic carbocycles. The van der Waals surface area contributed by atoms with E-state index in [1.165, 1.54) is 0 Å². The average Bonchev–Trinajstić information content (AvgIpc) is 3.04.